The number of aromatic nitrogens is 2. The van der Waals surface area contributed by atoms with E-state index in [0.29, 0.717) is 5.95 Å². The van der Waals surface area contributed by atoms with Crippen LogP contribution in [0.4, 0.5) is 5.95 Å². The van der Waals surface area contributed by atoms with Crippen LogP contribution in [0, 0.1) is 5.41 Å². The second kappa shape index (κ2) is 7.73. The van der Waals surface area contributed by atoms with Crippen LogP contribution in [0.1, 0.15) is 59.3 Å². The van der Waals surface area contributed by atoms with Crippen molar-refractivity contribution in [3.63, 3.8) is 0 Å². The molecule has 158 valence electrons. The molecule has 0 radical (unpaired) electrons. The number of piperidine rings is 1. The van der Waals surface area contributed by atoms with E-state index in [1.807, 2.05) is 26.1 Å². The highest BCUT2D eigenvalue weighted by Gasteiger charge is 2.35. The molecule has 0 bridgehead atoms. The first kappa shape index (κ1) is 21.8. The van der Waals surface area contributed by atoms with Crippen molar-refractivity contribution in [3.05, 3.63) is 41.5 Å². The van der Waals surface area contributed by atoms with E-state index < -0.39 is 5.60 Å². The summed E-state index contributed by atoms with van der Waals surface area (Å²) >= 11 is 1.73. The first-order valence-corrected chi connectivity index (χ1v) is 11.0. The quantitative estimate of drug-likeness (QED) is 0.620. The summed E-state index contributed by atoms with van der Waals surface area (Å²) in [6.07, 6.45) is 4.48. The van der Waals surface area contributed by atoms with E-state index in [-0.39, 0.29) is 17.0 Å². The number of anilines is 1. The van der Waals surface area contributed by atoms with Gasteiger partial charge in [0.1, 0.15) is 0 Å². The van der Waals surface area contributed by atoms with Gasteiger partial charge in [0.25, 0.3) is 0 Å². The fourth-order valence-corrected chi connectivity index (χ4v) is 4.88. The van der Waals surface area contributed by atoms with Crippen LogP contribution in [0.15, 0.2) is 36.7 Å². The topological polar surface area (TPSA) is 70.1 Å². The Bertz CT molecular complexity index is 879. The van der Waals surface area contributed by atoms with Gasteiger partial charge >= 0.3 is 0 Å². The third kappa shape index (κ3) is 5.37. The highest BCUT2D eigenvalue weighted by molar-refractivity contribution is 7.15. The standard InChI is InChI=1S/C23H34N4OS/c1-15-12-16(13-22(4,5)27-15)25-20-24-11-10-18(26-20)19-9-8-17(29-19)14-21(2,3)23(6,7)28/h8-11,16,27-28H,1,12-14H2,2-7H3,(H,24,25,26). The molecule has 0 aromatic carbocycles. The first-order valence-electron chi connectivity index (χ1n) is 10.2. The molecule has 3 N–H and O–H groups in total. The molecule has 0 aliphatic carbocycles. The normalized spacial score (nSPS) is 19.7. The SMILES string of the molecule is C=C1CC(Nc2nccc(-c3ccc(CC(C)(C)C(C)(C)O)s3)n2)CC(C)(C)N1. The van der Waals surface area contributed by atoms with Crippen LogP contribution in [0.3, 0.4) is 0 Å². The summed E-state index contributed by atoms with van der Waals surface area (Å²) in [6.45, 7) is 16.4. The van der Waals surface area contributed by atoms with Crippen molar-refractivity contribution >= 4 is 17.3 Å². The Kier molecular flexibility index (Phi) is 5.80. The molecule has 0 amide bonds. The average molecular weight is 415 g/mol. The van der Waals surface area contributed by atoms with Crippen LogP contribution in [0.2, 0.25) is 0 Å². The Balaban J connectivity index is 1.73. The molecular formula is C23H34N4OS. The fraction of sp³-hybridized carbons (Fsp3) is 0.565. The van der Waals surface area contributed by atoms with Gasteiger partial charge in [-0.2, -0.15) is 0 Å². The Hall–Kier alpha value is -1.92. The maximum absolute atomic E-state index is 10.4. The third-order valence-electron chi connectivity index (χ3n) is 5.94. The molecule has 29 heavy (non-hydrogen) atoms. The van der Waals surface area contributed by atoms with Crippen molar-refractivity contribution in [3.8, 4) is 10.6 Å². The Morgan fingerprint density at radius 2 is 2.00 bits per heavy atom. The molecular weight excluding hydrogens is 380 g/mol. The summed E-state index contributed by atoms with van der Waals surface area (Å²) < 4.78 is 0. The summed E-state index contributed by atoms with van der Waals surface area (Å²) in [5, 5.41) is 17.4. The van der Waals surface area contributed by atoms with E-state index in [4.69, 9.17) is 4.98 Å². The monoisotopic (exact) mass is 414 g/mol. The Morgan fingerprint density at radius 1 is 1.28 bits per heavy atom. The van der Waals surface area contributed by atoms with Crippen LogP contribution in [0.25, 0.3) is 10.6 Å². The number of nitrogens with one attached hydrogen (secondary N) is 2. The maximum Gasteiger partial charge on any atom is 0.223 e. The molecule has 1 aliphatic rings. The number of hydrogen-bond acceptors (Lipinski definition) is 6. The van der Waals surface area contributed by atoms with Gasteiger partial charge in [0.2, 0.25) is 5.95 Å². The summed E-state index contributed by atoms with van der Waals surface area (Å²) in [5.74, 6) is 0.657. The molecule has 1 aliphatic heterocycles. The molecule has 1 saturated heterocycles. The number of nitrogens with zero attached hydrogens (tertiary/aromatic N) is 2. The van der Waals surface area contributed by atoms with Crippen molar-refractivity contribution < 1.29 is 5.11 Å². The van der Waals surface area contributed by atoms with E-state index in [1.165, 1.54) is 4.88 Å². The lowest BCUT2D eigenvalue weighted by atomic mass is 9.74. The van der Waals surface area contributed by atoms with Gasteiger partial charge in [-0.15, -0.1) is 11.3 Å². The summed E-state index contributed by atoms with van der Waals surface area (Å²) in [5.41, 5.74) is 1.03. The summed E-state index contributed by atoms with van der Waals surface area (Å²) in [7, 11) is 0. The van der Waals surface area contributed by atoms with Gasteiger partial charge in [-0.1, -0.05) is 20.4 Å². The zero-order valence-electron chi connectivity index (χ0n) is 18.5. The van der Waals surface area contributed by atoms with Crippen LogP contribution in [-0.4, -0.2) is 32.3 Å². The van der Waals surface area contributed by atoms with Crippen LogP contribution >= 0.6 is 11.3 Å². The molecule has 6 heteroatoms. The average Bonchev–Trinajstić information content (AvgIpc) is 3.00. The number of thiophene rings is 1. The van der Waals surface area contributed by atoms with E-state index in [1.54, 1.807) is 11.3 Å². The highest BCUT2D eigenvalue weighted by atomic mass is 32.1. The summed E-state index contributed by atoms with van der Waals surface area (Å²) in [4.78, 5) is 11.6. The van der Waals surface area contributed by atoms with Crippen LogP contribution < -0.4 is 10.6 Å². The predicted octanol–water partition coefficient (Wildman–Crippen LogP) is 5.00. The highest BCUT2D eigenvalue weighted by Crippen LogP contribution is 2.37. The Labute approximate surface area is 178 Å². The molecule has 0 spiro atoms. The number of rotatable bonds is 6. The third-order valence-corrected chi connectivity index (χ3v) is 7.05. The minimum atomic E-state index is -0.740. The zero-order valence-corrected chi connectivity index (χ0v) is 19.3. The number of hydrogen-bond donors (Lipinski definition) is 3. The molecule has 2 aromatic heterocycles. The van der Waals surface area contributed by atoms with Crippen molar-refractivity contribution in [2.45, 2.75) is 78.0 Å². The zero-order chi connectivity index (χ0) is 21.4. The van der Waals surface area contributed by atoms with E-state index in [9.17, 15) is 5.11 Å². The van der Waals surface area contributed by atoms with Gasteiger partial charge in [0.05, 0.1) is 16.2 Å². The Morgan fingerprint density at radius 3 is 2.66 bits per heavy atom. The maximum atomic E-state index is 10.4. The van der Waals surface area contributed by atoms with E-state index in [2.05, 4.69) is 62.0 Å². The van der Waals surface area contributed by atoms with Gasteiger partial charge in [0, 0.05) is 34.8 Å². The smallest absolute Gasteiger partial charge is 0.223 e. The van der Waals surface area contributed by atoms with Crippen molar-refractivity contribution in [1.29, 1.82) is 0 Å². The van der Waals surface area contributed by atoms with Gasteiger partial charge < -0.3 is 15.7 Å². The van der Waals surface area contributed by atoms with Gasteiger partial charge in [0.15, 0.2) is 0 Å². The van der Waals surface area contributed by atoms with Crippen molar-refractivity contribution in [1.82, 2.24) is 15.3 Å². The first-order chi connectivity index (χ1) is 13.3. The molecule has 3 rings (SSSR count). The van der Waals surface area contributed by atoms with E-state index in [0.717, 1.165) is 35.5 Å². The molecule has 0 saturated carbocycles. The fourth-order valence-electron chi connectivity index (χ4n) is 3.68. The van der Waals surface area contributed by atoms with Gasteiger partial charge in [-0.3, -0.25) is 0 Å². The molecule has 1 atom stereocenters. The van der Waals surface area contributed by atoms with Gasteiger partial charge in [-0.25, -0.2) is 9.97 Å². The lowest BCUT2D eigenvalue weighted by Gasteiger charge is -2.38. The van der Waals surface area contributed by atoms with Crippen molar-refractivity contribution in [2.75, 3.05) is 5.32 Å². The minimum absolute atomic E-state index is 0.0144. The molecule has 1 fully saturated rings. The second-order valence-corrected chi connectivity index (χ2v) is 11.2. The number of aliphatic hydroxyl groups is 1. The molecule has 3 heterocycles. The largest absolute Gasteiger partial charge is 0.390 e. The van der Waals surface area contributed by atoms with Crippen LogP contribution in [0.5, 0.6) is 0 Å². The molecule has 1 unspecified atom stereocenters. The lowest BCUT2D eigenvalue weighted by molar-refractivity contribution is -0.0340. The van der Waals surface area contributed by atoms with Crippen molar-refractivity contribution in [2.24, 2.45) is 5.41 Å². The van der Waals surface area contributed by atoms with Gasteiger partial charge in [-0.05, 0) is 64.2 Å². The predicted molar refractivity (Wildman–Crippen MR) is 122 cm³/mol. The van der Waals surface area contributed by atoms with Crippen LogP contribution in [-0.2, 0) is 6.42 Å². The second-order valence-electron chi connectivity index (χ2n) is 10.0. The minimum Gasteiger partial charge on any atom is -0.390 e. The molecule has 2 aromatic rings. The van der Waals surface area contributed by atoms with E-state index >= 15 is 0 Å². The molecule has 5 nitrogen and oxygen atoms in total. The summed E-state index contributed by atoms with van der Waals surface area (Å²) in [6, 6.07) is 6.47. The lowest BCUT2D eigenvalue weighted by Crippen LogP contribution is -2.48.